The van der Waals surface area contributed by atoms with Gasteiger partial charge in [0.2, 0.25) is 0 Å². The van der Waals surface area contributed by atoms with Crippen LogP contribution in [0.1, 0.15) is 17.3 Å². The molecule has 0 aliphatic rings. The number of pyridine rings is 1. The van der Waals surface area contributed by atoms with E-state index < -0.39 is 28.6 Å². The second kappa shape index (κ2) is 9.99. The lowest BCUT2D eigenvalue weighted by Crippen LogP contribution is -2.36. The van der Waals surface area contributed by atoms with E-state index >= 15 is 0 Å². The van der Waals surface area contributed by atoms with Gasteiger partial charge in [0.1, 0.15) is 22.9 Å². The van der Waals surface area contributed by atoms with Crippen LogP contribution < -0.4 is 24.7 Å². The average molecular weight is 493 g/mol. The number of hydrogen-bond donors (Lipinski definition) is 1. The van der Waals surface area contributed by atoms with Gasteiger partial charge in [-0.2, -0.15) is 0 Å². The Bertz CT molecular complexity index is 1500. The summed E-state index contributed by atoms with van der Waals surface area (Å²) in [7, 11) is 4.42. The van der Waals surface area contributed by atoms with Crippen LogP contribution in [0.4, 0.5) is 10.1 Å². The molecule has 0 spiro atoms. The largest absolute Gasteiger partial charge is 0.506 e. The van der Waals surface area contributed by atoms with E-state index in [1.54, 1.807) is 43.3 Å². The molecular weight excluding hydrogens is 467 g/mol. The minimum atomic E-state index is -0.774. The van der Waals surface area contributed by atoms with Crippen molar-refractivity contribution in [3.8, 4) is 28.7 Å². The Balaban J connectivity index is 2.05. The van der Waals surface area contributed by atoms with Crippen LogP contribution >= 0.6 is 0 Å². The summed E-state index contributed by atoms with van der Waals surface area (Å²) in [4.78, 5) is 28.8. The monoisotopic (exact) mass is 492 g/mol. The van der Waals surface area contributed by atoms with E-state index in [0.717, 1.165) is 0 Å². The van der Waals surface area contributed by atoms with Gasteiger partial charge in [-0.15, -0.1) is 0 Å². The molecule has 9 heteroatoms. The Morgan fingerprint density at radius 2 is 1.64 bits per heavy atom. The van der Waals surface area contributed by atoms with Crippen molar-refractivity contribution < 1.29 is 28.5 Å². The molecule has 1 heterocycles. The zero-order valence-electron chi connectivity index (χ0n) is 20.2. The number of ether oxygens (including phenoxy) is 3. The van der Waals surface area contributed by atoms with Crippen LogP contribution in [0.15, 0.2) is 65.5 Å². The summed E-state index contributed by atoms with van der Waals surface area (Å²) in [5.74, 6) is -0.607. The molecule has 0 saturated carbocycles. The van der Waals surface area contributed by atoms with E-state index in [4.69, 9.17) is 14.2 Å². The van der Waals surface area contributed by atoms with Gasteiger partial charge < -0.3 is 24.2 Å². The van der Waals surface area contributed by atoms with Crippen LogP contribution in [0.2, 0.25) is 0 Å². The third-order valence-electron chi connectivity index (χ3n) is 5.88. The number of fused-ring (bicyclic) bond motifs is 1. The fourth-order valence-corrected chi connectivity index (χ4v) is 4.10. The van der Waals surface area contributed by atoms with Gasteiger partial charge >= 0.3 is 0 Å². The average Bonchev–Trinajstić information content (AvgIpc) is 2.89. The van der Waals surface area contributed by atoms with E-state index in [1.165, 1.54) is 55.1 Å². The number of anilines is 1. The number of hydrogen-bond acceptors (Lipinski definition) is 6. The summed E-state index contributed by atoms with van der Waals surface area (Å²) in [6.07, 6.45) is 0. The number of carbonyl (C=O) groups is 1. The van der Waals surface area contributed by atoms with Gasteiger partial charge in [-0.1, -0.05) is 6.07 Å². The second-order valence-electron chi connectivity index (χ2n) is 7.82. The fraction of sp³-hybridized carbons (Fsp3) is 0.185. The van der Waals surface area contributed by atoms with Gasteiger partial charge in [0, 0.05) is 29.4 Å². The third-order valence-corrected chi connectivity index (χ3v) is 5.88. The predicted molar refractivity (Wildman–Crippen MR) is 135 cm³/mol. The quantitative estimate of drug-likeness (QED) is 0.408. The molecule has 1 amide bonds. The van der Waals surface area contributed by atoms with Crippen molar-refractivity contribution in [2.75, 3.05) is 32.8 Å². The molecule has 186 valence electrons. The zero-order valence-corrected chi connectivity index (χ0v) is 20.2. The molecular formula is C27H25FN2O6. The molecule has 0 aliphatic carbocycles. The SMILES string of the molecule is CCN(C(=O)c1c(O)c2cc(OC)c(OC)cc2n(-c2ccc(OC)cc2)c1=O)c1cccc(F)c1. The Hall–Kier alpha value is -4.53. The molecule has 0 atom stereocenters. The summed E-state index contributed by atoms with van der Waals surface area (Å²) < 4.78 is 31.2. The van der Waals surface area contributed by atoms with Crippen molar-refractivity contribution in [1.82, 2.24) is 4.57 Å². The highest BCUT2D eigenvalue weighted by atomic mass is 19.1. The highest BCUT2D eigenvalue weighted by Gasteiger charge is 2.28. The molecule has 8 nitrogen and oxygen atoms in total. The van der Waals surface area contributed by atoms with Crippen LogP contribution in [0.5, 0.6) is 23.0 Å². The maximum absolute atomic E-state index is 13.9. The fourth-order valence-electron chi connectivity index (χ4n) is 4.10. The Labute approximate surface area is 206 Å². The minimum absolute atomic E-state index is 0.133. The van der Waals surface area contributed by atoms with Gasteiger partial charge in [-0.3, -0.25) is 14.2 Å². The molecule has 1 N–H and O–H groups in total. The Morgan fingerprint density at radius 3 is 2.22 bits per heavy atom. The number of amides is 1. The number of halogens is 1. The number of aromatic nitrogens is 1. The van der Waals surface area contributed by atoms with Gasteiger partial charge in [-0.05, 0) is 55.5 Å². The molecule has 0 saturated heterocycles. The molecule has 0 bridgehead atoms. The molecule has 4 aromatic rings. The summed E-state index contributed by atoms with van der Waals surface area (Å²) in [5.41, 5.74) is -0.231. The number of aromatic hydroxyl groups is 1. The number of methoxy groups -OCH3 is 3. The number of carbonyl (C=O) groups excluding carboxylic acids is 1. The van der Waals surface area contributed by atoms with Crippen molar-refractivity contribution in [1.29, 1.82) is 0 Å². The van der Waals surface area contributed by atoms with Crippen LogP contribution in [0.25, 0.3) is 16.6 Å². The van der Waals surface area contributed by atoms with Crippen LogP contribution in [-0.2, 0) is 0 Å². The van der Waals surface area contributed by atoms with E-state index in [0.29, 0.717) is 28.5 Å². The van der Waals surface area contributed by atoms with Crippen molar-refractivity contribution in [2.45, 2.75) is 6.92 Å². The van der Waals surface area contributed by atoms with E-state index in [-0.39, 0.29) is 17.6 Å². The summed E-state index contributed by atoms with van der Waals surface area (Å²) in [5, 5.41) is 11.4. The smallest absolute Gasteiger partial charge is 0.272 e. The van der Waals surface area contributed by atoms with Crippen molar-refractivity contribution in [3.63, 3.8) is 0 Å². The van der Waals surface area contributed by atoms with Gasteiger partial charge in [0.15, 0.2) is 11.5 Å². The number of nitrogens with zero attached hydrogens (tertiary/aromatic N) is 2. The standard InChI is InChI=1S/C27H25FN2O6/c1-5-29(18-8-6-7-16(28)13-18)26(32)24-25(31)20-14-22(35-3)23(36-4)15-21(20)30(27(24)33)17-9-11-19(34-2)12-10-17/h6-15,31H,5H2,1-4H3. The van der Waals surface area contributed by atoms with Gasteiger partial charge in [0.25, 0.3) is 11.5 Å². The first kappa shape index (κ1) is 24.6. The molecule has 0 unspecified atom stereocenters. The number of benzene rings is 3. The van der Waals surface area contributed by atoms with Crippen molar-refractivity contribution in [3.05, 3.63) is 82.4 Å². The highest BCUT2D eigenvalue weighted by Crippen LogP contribution is 2.38. The molecule has 1 aromatic heterocycles. The summed E-state index contributed by atoms with van der Waals surface area (Å²) in [6.45, 7) is 1.82. The van der Waals surface area contributed by atoms with Crippen LogP contribution in [0, 0.1) is 5.82 Å². The Morgan fingerprint density at radius 1 is 0.972 bits per heavy atom. The van der Waals surface area contributed by atoms with E-state index in [9.17, 15) is 19.1 Å². The summed E-state index contributed by atoms with van der Waals surface area (Å²) >= 11 is 0. The van der Waals surface area contributed by atoms with Crippen molar-refractivity contribution in [2.24, 2.45) is 0 Å². The predicted octanol–water partition coefficient (Wildman–Crippen LogP) is 4.53. The second-order valence-corrected chi connectivity index (χ2v) is 7.82. The number of rotatable bonds is 7. The van der Waals surface area contributed by atoms with E-state index in [2.05, 4.69) is 0 Å². The first-order chi connectivity index (χ1) is 17.3. The first-order valence-corrected chi connectivity index (χ1v) is 11.1. The van der Waals surface area contributed by atoms with E-state index in [1.807, 2.05) is 0 Å². The maximum Gasteiger partial charge on any atom is 0.272 e. The lowest BCUT2D eigenvalue weighted by molar-refractivity contribution is 0.0984. The molecule has 36 heavy (non-hydrogen) atoms. The lowest BCUT2D eigenvalue weighted by Gasteiger charge is -2.23. The zero-order chi connectivity index (χ0) is 26.0. The first-order valence-electron chi connectivity index (χ1n) is 11.1. The molecule has 3 aromatic carbocycles. The third kappa shape index (κ3) is 4.19. The van der Waals surface area contributed by atoms with Crippen molar-refractivity contribution >= 4 is 22.5 Å². The lowest BCUT2D eigenvalue weighted by atomic mass is 10.1. The summed E-state index contributed by atoms with van der Waals surface area (Å²) in [6, 6.07) is 15.2. The normalized spacial score (nSPS) is 10.8. The van der Waals surface area contributed by atoms with Gasteiger partial charge in [-0.25, -0.2) is 4.39 Å². The highest BCUT2D eigenvalue weighted by molar-refractivity contribution is 6.11. The maximum atomic E-state index is 13.9. The Kier molecular flexibility index (Phi) is 6.82. The molecule has 4 rings (SSSR count). The van der Waals surface area contributed by atoms with Crippen LogP contribution in [-0.4, -0.2) is 43.5 Å². The molecule has 0 fully saturated rings. The van der Waals surface area contributed by atoms with Crippen LogP contribution in [0.3, 0.4) is 0 Å². The minimum Gasteiger partial charge on any atom is -0.506 e. The topological polar surface area (TPSA) is 90.2 Å². The van der Waals surface area contributed by atoms with Gasteiger partial charge in [0.05, 0.1) is 26.8 Å². The molecule has 0 aliphatic heterocycles. The molecule has 0 radical (unpaired) electrons.